The lowest BCUT2D eigenvalue weighted by Crippen LogP contribution is -2.07. The molecule has 0 aliphatic carbocycles. The lowest BCUT2D eigenvalue weighted by molar-refractivity contribution is -0.141. The third-order valence-corrected chi connectivity index (χ3v) is 1.39. The number of nitrogens with zero attached hydrogens (tertiary/aromatic N) is 1. The monoisotopic (exact) mass is 218 g/mol. The number of aromatic nitrogens is 2. The fourth-order valence-corrected chi connectivity index (χ4v) is 0.812. The molecule has 0 amide bonds. The van der Waals surface area contributed by atoms with Crippen LogP contribution < -0.4 is 0 Å². The van der Waals surface area contributed by atoms with Gasteiger partial charge < -0.3 is 5.11 Å². The minimum atomic E-state index is -4.57. The molecule has 0 aromatic carbocycles. The Morgan fingerprint density at radius 2 is 2.27 bits per heavy atom. The number of carboxylic acid groups (broad SMARTS) is 1. The van der Waals surface area contributed by atoms with E-state index in [0.29, 0.717) is 0 Å². The van der Waals surface area contributed by atoms with Gasteiger partial charge in [-0.2, -0.15) is 18.3 Å². The summed E-state index contributed by atoms with van der Waals surface area (Å²) >= 11 is 0. The van der Waals surface area contributed by atoms with Gasteiger partial charge in [0.15, 0.2) is 5.69 Å². The summed E-state index contributed by atoms with van der Waals surface area (Å²) in [7, 11) is 0. The van der Waals surface area contributed by atoms with Crippen molar-refractivity contribution in [3.63, 3.8) is 0 Å². The zero-order valence-corrected chi connectivity index (χ0v) is 7.22. The molecule has 4 nitrogen and oxygen atoms in total. The van der Waals surface area contributed by atoms with Crippen LogP contribution in [0.4, 0.5) is 13.2 Å². The number of nitrogens with one attached hydrogen (secondary N) is 1. The number of H-pyrrole nitrogens is 1. The van der Waals surface area contributed by atoms with Gasteiger partial charge in [-0.15, -0.1) is 0 Å². The zero-order chi connectivity index (χ0) is 11.5. The summed E-state index contributed by atoms with van der Waals surface area (Å²) in [6.07, 6.45) is -4.18. The Morgan fingerprint density at radius 1 is 1.60 bits per heavy atom. The molecule has 1 rings (SSSR count). The third kappa shape index (κ3) is 3.02. The van der Waals surface area contributed by atoms with E-state index in [2.05, 4.69) is 16.9 Å². The summed E-state index contributed by atoms with van der Waals surface area (Å²) < 4.78 is 36.6. The highest BCUT2D eigenvalue weighted by molar-refractivity contribution is 5.70. The van der Waals surface area contributed by atoms with Crippen LogP contribution in [-0.2, 0) is 11.0 Å². The molecule has 15 heavy (non-hydrogen) atoms. The molecule has 1 aromatic heterocycles. The van der Waals surface area contributed by atoms with Gasteiger partial charge in [-0.05, 0) is 0 Å². The van der Waals surface area contributed by atoms with E-state index in [0.717, 1.165) is 6.20 Å². The van der Waals surface area contributed by atoms with E-state index in [-0.39, 0.29) is 5.56 Å². The van der Waals surface area contributed by atoms with Crippen molar-refractivity contribution in [3.05, 3.63) is 17.5 Å². The Kier molecular flexibility index (Phi) is 2.99. The quantitative estimate of drug-likeness (QED) is 0.697. The number of carbonyl (C=O) groups is 1. The fourth-order valence-electron chi connectivity index (χ4n) is 0.812. The SMILES string of the molecule is O=C(O)CC#Cc1cn[nH]c1C(F)(F)F. The number of carboxylic acids is 1. The lowest BCUT2D eigenvalue weighted by atomic mass is 10.2. The van der Waals surface area contributed by atoms with Crippen molar-refractivity contribution in [2.45, 2.75) is 12.6 Å². The van der Waals surface area contributed by atoms with Crippen LogP contribution in [0.2, 0.25) is 0 Å². The summed E-state index contributed by atoms with van der Waals surface area (Å²) in [6.45, 7) is 0. The van der Waals surface area contributed by atoms with E-state index in [9.17, 15) is 18.0 Å². The summed E-state index contributed by atoms with van der Waals surface area (Å²) in [4.78, 5) is 10.1. The molecular weight excluding hydrogens is 213 g/mol. The Morgan fingerprint density at radius 3 is 2.80 bits per heavy atom. The van der Waals surface area contributed by atoms with Crippen molar-refractivity contribution < 1.29 is 23.1 Å². The van der Waals surface area contributed by atoms with Gasteiger partial charge in [0, 0.05) is 0 Å². The van der Waals surface area contributed by atoms with Crippen LogP contribution in [0.15, 0.2) is 6.20 Å². The van der Waals surface area contributed by atoms with Gasteiger partial charge in [0.2, 0.25) is 0 Å². The molecule has 0 saturated carbocycles. The number of hydrogen-bond acceptors (Lipinski definition) is 2. The molecule has 0 spiro atoms. The first-order valence-electron chi connectivity index (χ1n) is 3.72. The van der Waals surface area contributed by atoms with Crippen LogP contribution in [0, 0.1) is 11.8 Å². The van der Waals surface area contributed by atoms with E-state index in [1.807, 2.05) is 0 Å². The normalized spacial score (nSPS) is 10.6. The van der Waals surface area contributed by atoms with Gasteiger partial charge in [-0.3, -0.25) is 9.89 Å². The first-order chi connectivity index (χ1) is 6.91. The van der Waals surface area contributed by atoms with E-state index in [1.54, 1.807) is 5.10 Å². The Hall–Kier alpha value is -1.97. The van der Waals surface area contributed by atoms with Crippen molar-refractivity contribution in [1.82, 2.24) is 10.2 Å². The molecule has 1 aromatic rings. The van der Waals surface area contributed by atoms with Crippen LogP contribution in [0.3, 0.4) is 0 Å². The van der Waals surface area contributed by atoms with E-state index >= 15 is 0 Å². The predicted octanol–water partition coefficient (Wildman–Crippen LogP) is 1.25. The average molecular weight is 218 g/mol. The number of alkyl halides is 3. The van der Waals surface area contributed by atoms with E-state index in [4.69, 9.17) is 5.11 Å². The smallest absolute Gasteiger partial charge is 0.434 e. The summed E-state index contributed by atoms with van der Waals surface area (Å²) in [5.74, 6) is 2.98. The van der Waals surface area contributed by atoms with Crippen LogP contribution >= 0.6 is 0 Å². The molecule has 0 saturated heterocycles. The summed E-state index contributed by atoms with van der Waals surface area (Å²) in [6, 6.07) is 0. The maximum atomic E-state index is 12.2. The topological polar surface area (TPSA) is 66.0 Å². The lowest BCUT2D eigenvalue weighted by Gasteiger charge is -2.02. The first-order valence-corrected chi connectivity index (χ1v) is 3.72. The molecule has 0 fully saturated rings. The highest BCUT2D eigenvalue weighted by Gasteiger charge is 2.35. The standard InChI is InChI=1S/C8H5F3N2O2/c9-8(10,11)7-5(4-12-13-7)2-1-3-6(14)15/h4H,3H2,(H,12,13)(H,14,15). The van der Waals surface area contributed by atoms with Gasteiger partial charge in [0.1, 0.15) is 6.42 Å². The highest BCUT2D eigenvalue weighted by atomic mass is 19.4. The molecule has 0 aliphatic heterocycles. The molecule has 0 bridgehead atoms. The van der Waals surface area contributed by atoms with Gasteiger partial charge in [0.05, 0.1) is 11.8 Å². The number of halogens is 3. The molecule has 0 radical (unpaired) electrons. The Balaban J connectivity index is 2.90. The van der Waals surface area contributed by atoms with Gasteiger partial charge in [0.25, 0.3) is 0 Å². The largest absolute Gasteiger partial charge is 0.481 e. The number of rotatable bonds is 1. The van der Waals surface area contributed by atoms with E-state index < -0.39 is 24.3 Å². The van der Waals surface area contributed by atoms with Crippen LogP contribution in [0.1, 0.15) is 17.7 Å². The second-order valence-electron chi connectivity index (χ2n) is 2.53. The second kappa shape index (κ2) is 4.04. The summed E-state index contributed by atoms with van der Waals surface area (Å²) in [5.41, 5.74) is -1.43. The molecule has 2 N–H and O–H groups in total. The Bertz CT molecular complexity index is 425. The molecular formula is C8H5F3N2O2. The molecule has 1 heterocycles. The molecule has 0 atom stereocenters. The zero-order valence-electron chi connectivity index (χ0n) is 7.22. The minimum absolute atomic E-state index is 0.358. The first kappa shape index (κ1) is 11.1. The third-order valence-electron chi connectivity index (χ3n) is 1.39. The summed E-state index contributed by atoms with van der Waals surface area (Å²) in [5, 5.41) is 13.2. The van der Waals surface area contributed by atoms with Crippen molar-refractivity contribution in [2.75, 3.05) is 0 Å². The van der Waals surface area contributed by atoms with Gasteiger partial charge >= 0.3 is 12.1 Å². The maximum absolute atomic E-state index is 12.2. The van der Waals surface area contributed by atoms with Crippen molar-refractivity contribution in [1.29, 1.82) is 0 Å². The van der Waals surface area contributed by atoms with Gasteiger partial charge in [-0.25, -0.2) is 0 Å². The number of aromatic amines is 1. The van der Waals surface area contributed by atoms with Crippen molar-refractivity contribution >= 4 is 5.97 Å². The fraction of sp³-hybridized carbons (Fsp3) is 0.250. The van der Waals surface area contributed by atoms with Crippen molar-refractivity contribution in [3.8, 4) is 11.8 Å². The second-order valence-corrected chi connectivity index (χ2v) is 2.53. The minimum Gasteiger partial charge on any atom is -0.481 e. The van der Waals surface area contributed by atoms with Crippen LogP contribution in [-0.4, -0.2) is 21.3 Å². The molecule has 0 unspecified atom stereocenters. The molecule has 80 valence electrons. The molecule has 0 aliphatic rings. The van der Waals surface area contributed by atoms with Gasteiger partial charge in [-0.1, -0.05) is 11.8 Å². The highest BCUT2D eigenvalue weighted by Crippen LogP contribution is 2.29. The number of hydrogen-bond donors (Lipinski definition) is 2. The van der Waals surface area contributed by atoms with Crippen LogP contribution in [0.25, 0.3) is 0 Å². The maximum Gasteiger partial charge on any atom is 0.434 e. The van der Waals surface area contributed by atoms with Crippen LogP contribution in [0.5, 0.6) is 0 Å². The van der Waals surface area contributed by atoms with E-state index in [1.165, 1.54) is 0 Å². The average Bonchev–Trinajstić information content (AvgIpc) is 2.50. The number of aliphatic carboxylic acids is 1. The molecule has 7 heteroatoms. The predicted molar refractivity (Wildman–Crippen MR) is 42.7 cm³/mol. The van der Waals surface area contributed by atoms with Crippen molar-refractivity contribution in [2.24, 2.45) is 0 Å². The Labute approximate surface area is 82.1 Å².